The number of nitrogens with one attached hydrogen (secondary N) is 1. The maximum absolute atomic E-state index is 12.9. The monoisotopic (exact) mass is 391 g/mol. The van der Waals surface area contributed by atoms with Gasteiger partial charge in [-0.05, 0) is 12.1 Å². The van der Waals surface area contributed by atoms with Gasteiger partial charge in [-0.3, -0.25) is 0 Å². The molecule has 1 aromatic heterocycles. The van der Waals surface area contributed by atoms with Crippen molar-refractivity contribution in [3.8, 4) is 0 Å². The summed E-state index contributed by atoms with van der Waals surface area (Å²) in [5, 5.41) is 8.66. The molecule has 0 spiro atoms. The van der Waals surface area contributed by atoms with Crippen LogP contribution in [0.2, 0.25) is 4.34 Å². The first-order valence-corrected chi connectivity index (χ1v) is 7.98. The van der Waals surface area contributed by atoms with Gasteiger partial charge in [-0.25, -0.2) is 26.3 Å². The molecule has 3 unspecified atom stereocenters. The van der Waals surface area contributed by atoms with E-state index in [9.17, 15) is 34.8 Å². The smallest absolute Gasteiger partial charge is 0.363 e. The predicted octanol–water partition coefficient (Wildman–Crippen LogP) is 2.78. The lowest BCUT2D eigenvalue weighted by molar-refractivity contribution is -0.227. The summed E-state index contributed by atoms with van der Waals surface area (Å²) >= 11 is 5.87. The number of sulfonamides is 1. The number of aliphatic hydroxyl groups is 1. The van der Waals surface area contributed by atoms with Crippen LogP contribution in [0.3, 0.4) is 0 Å². The largest absolute Gasteiger partial charge is 0.399 e. The van der Waals surface area contributed by atoms with Gasteiger partial charge in [0.05, 0.1) is 10.4 Å². The SMILES string of the molecule is O=S(=O)(NC(C(O)F)C(C(F)F)C(F)(F)F)c1ccc(Cl)s1. The van der Waals surface area contributed by atoms with Gasteiger partial charge in [-0.1, -0.05) is 11.6 Å². The molecule has 2 N–H and O–H groups in total. The quantitative estimate of drug-likeness (QED) is 0.733. The number of thiophene rings is 1. The average molecular weight is 392 g/mol. The number of halogens is 7. The minimum atomic E-state index is -5.64. The van der Waals surface area contributed by atoms with Crippen LogP contribution in [-0.2, 0) is 10.0 Å². The van der Waals surface area contributed by atoms with Crippen molar-refractivity contribution in [2.75, 3.05) is 0 Å². The molecule has 1 aromatic rings. The second kappa shape index (κ2) is 6.91. The number of rotatable bonds is 6. The summed E-state index contributed by atoms with van der Waals surface area (Å²) in [6, 6.07) is -1.12. The lowest BCUT2D eigenvalue weighted by Gasteiger charge is -2.28. The van der Waals surface area contributed by atoms with Crippen LogP contribution < -0.4 is 4.72 Å². The molecule has 3 atom stereocenters. The van der Waals surface area contributed by atoms with Crippen molar-refractivity contribution in [3.05, 3.63) is 16.5 Å². The summed E-state index contributed by atoms with van der Waals surface area (Å²) in [5.74, 6) is -3.72. The fraction of sp³-hybridized carbons (Fsp3) is 0.556. The Hall–Kier alpha value is -0.560. The second-order valence-corrected chi connectivity index (χ2v) is 7.64. The Balaban J connectivity index is 3.16. The molecule has 0 saturated heterocycles. The lowest BCUT2D eigenvalue weighted by Crippen LogP contribution is -2.53. The highest BCUT2D eigenvalue weighted by Gasteiger charge is 2.54. The van der Waals surface area contributed by atoms with Crippen molar-refractivity contribution in [3.63, 3.8) is 0 Å². The molecular weight excluding hydrogens is 384 g/mol. The number of aliphatic hydroxyl groups excluding tert-OH is 1. The fourth-order valence-corrected chi connectivity index (χ4v) is 4.23. The van der Waals surface area contributed by atoms with Gasteiger partial charge in [0.2, 0.25) is 6.36 Å². The van der Waals surface area contributed by atoms with Crippen molar-refractivity contribution in [2.45, 2.75) is 29.2 Å². The van der Waals surface area contributed by atoms with E-state index >= 15 is 0 Å². The zero-order chi connectivity index (χ0) is 17.3. The Bertz CT molecular complexity index is 603. The molecule has 0 bridgehead atoms. The molecule has 22 heavy (non-hydrogen) atoms. The Kier molecular flexibility index (Phi) is 6.12. The van der Waals surface area contributed by atoms with E-state index < -0.39 is 45.2 Å². The molecule has 13 heteroatoms. The minimum Gasteiger partial charge on any atom is -0.363 e. The van der Waals surface area contributed by atoms with E-state index in [-0.39, 0.29) is 4.34 Å². The summed E-state index contributed by atoms with van der Waals surface area (Å²) in [5.41, 5.74) is 0. The third kappa shape index (κ3) is 4.72. The summed E-state index contributed by atoms with van der Waals surface area (Å²) in [6.45, 7) is 0. The standard InChI is InChI=1S/C9H8ClF6NO3S2/c10-3-1-2-4(21-3)22(19,20)17-6(8(13)18)5(7(11)12)9(14,15)16/h1-2,5-8,17-18H. The van der Waals surface area contributed by atoms with E-state index in [4.69, 9.17) is 16.7 Å². The van der Waals surface area contributed by atoms with Gasteiger partial charge in [0.25, 0.3) is 16.4 Å². The van der Waals surface area contributed by atoms with Crippen LogP contribution in [0.5, 0.6) is 0 Å². The van der Waals surface area contributed by atoms with Crippen molar-refractivity contribution < 1.29 is 39.9 Å². The van der Waals surface area contributed by atoms with Crippen LogP contribution >= 0.6 is 22.9 Å². The van der Waals surface area contributed by atoms with Gasteiger partial charge in [0.15, 0.2) is 0 Å². The van der Waals surface area contributed by atoms with E-state index in [1.807, 2.05) is 0 Å². The van der Waals surface area contributed by atoms with Crippen LogP contribution in [-0.4, -0.2) is 38.5 Å². The van der Waals surface area contributed by atoms with E-state index in [0.29, 0.717) is 11.3 Å². The number of alkyl halides is 6. The van der Waals surface area contributed by atoms with E-state index in [1.54, 1.807) is 0 Å². The third-order valence-electron chi connectivity index (χ3n) is 2.44. The van der Waals surface area contributed by atoms with Crippen molar-refractivity contribution in [1.82, 2.24) is 4.72 Å². The molecule has 0 aliphatic heterocycles. The minimum absolute atomic E-state index is 0.0426. The highest BCUT2D eigenvalue weighted by molar-refractivity contribution is 7.91. The molecule has 0 aliphatic rings. The maximum Gasteiger partial charge on any atom is 0.399 e. The molecule has 1 heterocycles. The summed E-state index contributed by atoms with van der Waals surface area (Å²) in [7, 11) is -4.77. The third-order valence-corrected chi connectivity index (χ3v) is 5.62. The molecular formula is C9H8ClF6NO3S2. The molecule has 128 valence electrons. The van der Waals surface area contributed by atoms with Gasteiger partial charge in [0, 0.05) is 0 Å². The van der Waals surface area contributed by atoms with E-state index in [0.717, 1.165) is 16.9 Å². The second-order valence-electron chi connectivity index (χ2n) is 3.98. The first-order valence-electron chi connectivity index (χ1n) is 5.31. The molecule has 0 aliphatic carbocycles. The molecule has 4 nitrogen and oxygen atoms in total. The number of hydrogen-bond acceptors (Lipinski definition) is 4. The fourth-order valence-electron chi connectivity index (χ4n) is 1.48. The van der Waals surface area contributed by atoms with Crippen molar-refractivity contribution in [2.24, 2.45) is 5.92 Å². The van der Waals surface area contributed by atoms with E-state index in [1.165, 1.54) is 0 Å². The van der Waals surface area contributed by atoms with Gasteiger partial charge in [-0.2, -0.15) is 13.2 Å². The molecule has 0 fully saturated rings. The summed E-state index contributed by atoms with van der Waals surface area (Å²) in [4.78, 5) is 0. The number of hydrogen-bond donors (Lipinski definition) is 2. The highest BCUT2D eigenvalue weighted by atomic mass is 35.5. The first kappa shape index (κ1) is 19.5. The van der Waals surface area contributed by atoms with Crippen LogP contribution in [0.4, 0.5) is 26.3 Å². The first-order chi connectivity index (χ1) is 9.86. The zero-order valence-corrected chi connectivity index (χ0v) is 12.6. The molecule has 0 amide bonds. The Labute approximate surface area is 129 Å². The topological polar surface area (TPSA) is 66.4 Å². The lowest BCUT2D eigenvalue weighted by atomic mass is 10.0. The van der Waals surface area contributed by atoms with Gasteiger partial charge in [-0.15, -0.1) is 11.3 Å². The van der Waals surface area contributed by atoms with Crippen molar-refractivity contribution >= 4 is 33.0 Å². The molecule has 0 saturated carbocycles. The van der Waals surface area contributed by atoms with Gasteiger partial charge < -0.3 is 5.11 Å². The van der Waals surface area contributed by atoms with E-state index in [2.05, 4.69) is 0 Å². The average Bonchev–Trinajstić information content (AvgIpc) is 2.73. The van der Waals surface area contributed by atoms with Crippen LogP contribution in [0.25, 0.3) is 0 Å². The maximum atomic E-state index is 12.9. The molecule has 0 aromatic carbocycles. The van der Waals surface area contributed by atoms with Crippen LogP contribution in [0, 0.1) is 5.92 Å². The van der Waals surface area contributed by atoms with Crippen molar-refractivity contribution in [1.29, 1.82) is 0 Å². The Morgan fingerprint density at radius 3 is 2.09 bits per heavy atom. The summed E-state index contributed by atoms with van der Waals surface area (Å²) in [6.07, 6.45) is -13.3. The van der Waals surface area contributed by atoms with Gasteiger partial charge in [0.1, 0.15) is 10.1 Å². The Morgan fingerprint density at radius 2 is 1.77 bits per heavy atom. The Morgan fingerprint density at radius 1 is 1.23 bits per heavy atom. The normalized spacial score (nSPS) is 17.5. The van der Waals surface area contributed by atoms with Crippen LogP contribution in [0.15, 0.2) is 16.3 Å². The highest BCUT2D eigenvalue weighted by Crippen LogP contribution is 2.36. The zero-order valence-electron chi connectivity index (χ0n) is 10.2. The summed E-state index contributed by atoms with van der Waals surface area (Å²) < 4.78 is 99.6. The predicted molar refractivity (Wildman–Crippen MR) is 66.1 cm³/mol. The van der Waals surface area contributed by atoms with Gasteiger partial charge >= 0.3 is 6.18 Å². The molecule has 0 radical (unpaired) electrons. The molecule has 1 rings (SSSR count). The van der Waals surface area contributed by atoms with Crippen LogP contribution in [0.1, 0.15) is 0 Å².